The van der Waals surface area contributed by atoms with Crippen molar-refractivity contribution in [2.24, 2.45) is 5.73 Å². The van der Waals surface area contributed by atoms with Gasteiger partial charge >= 0.3 is 0 Å². The second kappa shape index (κ2) is 6.75. The molecule has 2 rings (SSSR count). The van der Waals surface area contributed by atoms with Crippen LogP contribution >= 0.6 is 15.9 Å². The zero-order chi connectivity index (χ0) is 15.5. The summed E-state index contributed by atoms with van der Waals surface area (Å²) in [5, 5.41) is 4.60. The number of nitrogens with two attached hydrogens (primary N) is 1. The average Bonchev–Trinajstić information content (AvgIpc) is 2.80. The smallest absolute Gasteiger partial charge is 0.0738 e. The standard InChI is InChI=1S/C17H24BrN3/c1-4-17(12-19,14-9-7-6-8-10-14)11-15-16(18)13(3)20-21(15)5-2/h6-10H,4-5,11-12,19H2,1-3H3. The summed E-state index contributed by atoms with van der Waals surface area (Å²) in [7, 11) is 0. The highest BCUT2D eigenvalue weighted by Crippen LogP contribution is 2.34. The van der Waals surface area contributed by atoms with Gasteiger partial charge in [-0.3, -0.25) is 4.68 Å². The molecule has 1 aromatic heterocycles. The monoisotopic (exact) mass is 349 g/mol. The van der Waals surface area contributed by atoms with E-state index in [1.54, 1.807) is 0 Å². The third kappa shape index (κ3) is 3.06. The first kappa shape index (κ1) is 16.2. The van der Waals surface area contributed by atoms with E-state index in [4.69, 9.17) is 5.73 Å². The molecule has 0 bridgehead atoms. The molecule has 1 unspecified atom stereocenters. The highest BCUT2D eigenvalue weighted by Gasteiger charge is 2.31. The summed E-state index contributed by atoms with van der Waals surface area (Å²) in [6.45, 7) is 7.89. The number of hydrogen-bond acceptors (Lipinski definition) is 2. The maximum Gasteiger partial charge on any atom is 0.0738 e. The molecule has 114 valence electrons. The molecule has 0 amide bonds. The highest BCUT2D eigenvalue weighted by molar-refractivity contribution is 9.10. The van der Waals surface area contributed by atoms with Crippen LogP contribution < -0.4 is 5.73 Å². The highest BCUT2D eigenvalue weighted by atomic mass is 79.9. The largest absolute Gasteiger partial charge is 0.330 e. The topological polar surface area (TPSA) is 43.8 Å². The van der Waals surface area contributed by atoms with Gasteiger partial charge < -0.3 is 5.73 Å². The van der Waals surface area contributed by atoms with E-state index in [-0.39, 0.29) is 5.41 Å². The first-order valence-corrected chi connectivity index (χ1v) is 8.34. The van der Waals surface area contributed by atoms with Crippen molar-refractivity contribution in [2.75, 3.05) is 6.54 Å². The van der Waals surface area contributed by atoms with Crippen molar-refractivity contribution in [3.05, 3.63) is 51.8 Å². The number of aromatic nitrogens is 2. The minimum absolute atomic E-state index is 0.0385. The fraction of sp³-hybridized carbons (Fsp3) is 0.471. The van der Waals surface area contributed by atoms with E-state index in [1.165, 1.54) is 11.3 Å². The van der Waals surface area contributed by atoms with Crippen LogP contribution in [0.4, 0.5) is 0 Å². The molecule has 3 nitrogen and oxygen atoms in total. The van der Waals surface area contributed by atoms with Gasteiger partial charge in [0.25, 0.3) is 0 Å². The Labute approximate surface area is 135 Å². The Morgan fingerprint density at radius 1 is 1.24 bits per heavy atom. The predicted molar refractivity (Wildman–Crippen MR) is 91.5 cm³/mol. The van der Waals surface area contributed by atoms with Crippen molar-refractivity contribution in [1.82, 2.24) is 9.78 Å². The number of rotatable bonds is 6. The quantitative estimate of drug-likeness (QED) is 0.861. The molecule has 2 N–H and O–H groups in total. The molecule has 0 spiro atoms. The van der Waals surface area contributed by atoms with E-state index < -0.39 is 0 Å². The Bertz CT molecular complexity index is 586. The lowest BCUT2D eigenvalue weighted by atomic mass is 9.74. The van der Waals surface area contributed by atoms with Crippen molar-refractivity contribution in [2.45, 2.75) is 45.6 Å². The van der Waals surface area contributed by atoms with Crippen molar-refractivity contribution >= 4 is 15.9 Å². The lowest BCUT2D eigenvalue weighted by Gasteiger charge is -2.32. The molecule has 0 radical (unpaired) electrons. The maximum absolute atomic E-state index is 6.20. The van der Waals surface area contributed by atoms with Crippen molar-refractivity contribution < 1.29 is 0 Å². The number of benzene rings is 1. The Morgan fingerprint density at radius 2 is 1.90 bits per heavy atom. The zero-order valence-electron chi connectivity index (χ0n) is 13.1. The SMILES string of the molecule is CCn1nc(C)c(Br)c1CC(CC)(CN)c1ccccc1. The first-order valence-electron chi connectivity index (χ1n) is 7.55. The van der Waals surface area contributed by atoms with Gasteiger partial charge in [0.2, 0.25) is 0 Å². The molecule has 0 aliphatic heterocycles. The maximum atomic E-state index is 6.20. The number of aryl methyl sites for hydroxylation is 2. The van der Waals surface area contributed by atoms with Gasteiger partial charge in [-0.25, -0.2) is 0 Å². The normalized spacial score (nSPS) is 14.1. The summed E-state index contributed by atoms with van der Waals surface area (Å²) in [5.74, 6) is 0. The summed E-state index contributed by atoms with van der Waals surface area (Å²) < 4.78 is 3.20. The van der Waals surface area contributed by atoms with Crippen molar-refractivity contribution in [1.29, 1.82) is 0 Å². The molecule has 0 aliphatic rings. The van der Waals surface area contributed by atoms with Crippen LogP contribution in [0.15, 0.2) is 34.8 Å². The molecule has 1 atom stereocenters. The number of halogens is 1. The van der Waals surface area contributed by atoms with E-state index in [2.05, 4.69) is 69.9 Å². The Balaban J connectivity index is 2.46. The second-order valence-electron chi connectivity index (χ2n) is 5.54. The molecule has 21 heavy (non-hydrogen) atoms. The fourth-order valence-corrected chi connectivity index (χ4v) is 3.34. The molecule has 1 heterocycles. The van der Waals surface area contributed by atoms with E-state index in [1.807, 2.05) is 6.92 Å². The summed E-state index contributed by atoms with van der Waals surface area (Å²) in [5.41, 5.74) is 9.76. The van der Waals surface area contributed by atoms with Crippen LogP contribution in [0.25, 0.3) is 0 Å². The molecular formula is C17H24BrN3. The molecule has 2 aromatic rings. The minimum atomic E-state index is -0.0385. The van der Waals surface area contributed by atoms with Crippen LogP contribution in [-0.2, 0) is 18.4 Å². The molecule has 0 fully saturated rings. The molecule has 4 heteroatoms. The van der Waals surface area contributed by atoms with Gasteiger partial charge in [-0.1, -0.05) is 37.3 Å². The van der Waals surface area contributed by atoms with Gasteiger partial charge in [-0.05, 0) is 41.8 Å². The second-order valence-corrected chi connectivity index (χ2v) is 6.34. The predicted octanol–water partition coefficient (Wildman–Crippen LogP) is 3.82. The third-order valence-corrected chi connectivity index (χ3v) is 5.44. The number of nitrogens with zero attached hydrogens (tertiary/aromatic N) is 2. The summed E-state index contributed by atoms with van der Waals surface area (Å²) in [6, 6.07) is 10.6. The lowest BCUT2D eigenvalue weighted by Crippen LogP contribution is -2.37. The van der Waals surface area contributed by atoms with Crippen molar-refractivity contribution in [3.63, 3.8) is 0 Å². The summed E-state index contributed by atoms with van der Waals surface area (Å²) in [4.78, 5) is 0. The van der Waals surface area contributed by atoms with Gasteiger partial charge in [-0.2, -0.15) is 5.10 Å². The summed E-state index contributed by atoms with van der Waals surface area (Å²) >= 11 is 3.70. The van der Waals surface area contributed by atoms with Crippen LogP contribution in [0.2, 0.25) is 0 Å². The molecular weight excluding hydrogens is 326 g/mol. The summed E-state index contributed by atoms with van der Waals surface area (Å²) in [6.07, 6.45) is 1.91. The average molecular weight is 350 g/mol. The fourth-order valence-electron chi connectivity index (χ4n) is 2.92. The molecule has 0 saturated heterocycles. The third-order valence-electron chi connectivity index (χ3n) is 4.41. The Kier molecular flexibility index (Phi) is 5.22. The van der Waals surface area contributed by atoms with E-state index >= 15 is 0 Å². The minimum Gasteiger partial charge on any atom is -0.330 e. The van der Waals surface area contributed by atoms with E-state index in [9.17, 15) is 0 Å². The molecule has 1 aromatic carbocycles. The van der Waals surface area contributed by atoms with Gasteiger partial charge in [0, 0.05) is 24.9 Å². The van der Waals surface area contributed by atoms with Crippen molar-refractivity contribution in [3.8, 4) is 0 Å². The van der Waals surface area contributed by atoms with Gasteiger partial charge in [0.15, 0.2) is 0 Å². The Hall–Kier alpha value is -1.13. The van der Waals surface area contributed by atoms with Crippen LogP contribution in [0.3, 0.4) is 0 Å². The van der Waals surface area contributed by atoms with Gasteiger partial charge in [0.05, 0.1) is 15.9 Å². The van der Waals surface area contributed by atoms with Crippen LogP contribution in [-0.4, -0.2) is 16.3 Å². The van der Waals surface area contributed by atoms with Crippen LogP contribution in [0.5, 0.6) is 0 Å². The van der Waals surface area contributed by atoms with Crippen LogP contribution in [0.1, 0.15) is 37.2 Å². The Morgan fingerprint density at radius 3 is 2.43 bits per heavy atom. The zero-order valence-corrected chi connectivity index (χ0v) is 14.7. The first-order chi connectivity index (χ1) is 10.1. The number of hydrogen-bond donors (Lipinski definition) is 1. The molecule has 0 aliphatic carbocycles. The van der Waals surface area contributed by atoms with Crippen LogP contribution in [0, 0.1) is 6.92 Å². The van der Waals surface area contributed by atoms with E-state index in [0.717, 1.165) is 29.6 Å². The van der Waals surface area contributed by atoms with Gasteiger partial charge in [0.1, 0.15) is 0 Å². The van der Waals surface area contributed by atoms with Gasteiger partial charge in [-0.15, -0.1) is 0 Å². The molecule has 0 saturated carbocycles. The van der Waals surface area contributed by atoms with E-state index in [0.29, 0.717) is 6.54 Å². The lowest BCUT2D eigenvalue weighted by molar-refractivity contribution is 0.402.